The molecular formula is C29H35N3O4S. The van der Waals surface area contributed by atoms with Gasteiger partial charge >= 0.3 is 0 Å². The van der Waals surface area contributed by atoms with E-state index in [0.717, 1.165) is 35.2 Å². The zero-order chi connectivity index (χ0) is 26.2. The topological polar surface area (TPSA) is 98.7 Å². The Morgan fingerprint density at radius 2 is 1.89 bits per heavy atom. The Kier molecular flexibility index (Phi) is 7.32. The lowest BCUT2D eigenvalue weighted by atomic mass is 9.70. The third-order valence-corrected chi connectivity index (χ3v) is 10.1. The standard InChI is InChI=1S/C29H35N3O4S/c1-18-10-11-19(2)21(16-18)31-27(35)25-29-13-12-22(37-29)23(24(29)28(36)32(25)14-6-7-15-33)26(34)30-17-20-8-4-3-5-9-20/h3-5,8-11,16,22-25,33H,6-7,12-15,17H2,1-2H3,(H,30,34)(H,31,35)/t22-,23+,24+,25?,29?/m1/s1. The summed E-state index contributed by atoms with van der Waals surface area (Å²) in [5.74, 6) is -1.36. The number of rotatable bonds is 9. The van der Waals surface area contributed by atoms with Gasteiger partial charge in [-0.2, -0.15) is 0 Å². The van der Waals surface area contributed by atoms with Gasteiger partial charge in [-0.25, -0.2) is 0 Å². The highest BCUT2D eigenvalue weighted by Gasteiger charge is 2.73. The summed E-state index contributed by atoms with van der Waals surface area (Å²) < 4.78 is -0.614. The average molecular weight is 522 g/mol. The van der Waals surface area contributed by atoms with Crippen LogP contribution in [0.25, 0.3) is 0 Å². The number of aliphatic hydroxyl groups excluding tert-OH is 1. The van der Waals surface area contributed by atoms with Crippen molar-refractivity contribution in [2.75, 3.05) is 18.5 Å². The molecule has 1 spiro atoms. The number of anilines is 1. The van der Waals surface area contributed by atoms with Crippen LogP contribution in [0.2, 0.25) is 0 Å². The van der Waals surface area contributed by atoms with Crippen LogP contribution in [0.1, 0.15) is 42.4 Å². The number of amides is 3. The molecule has 7 nitrogen and oxygen atoms in total. The van der Waals surface area contributed by atoms with Crippen molar-refractivity contribution >= 4 is 35.2 Å². The molecule has 3 saturated heterocycles. The molecule has 0 saturated carbocycles. The number of carbonyl (C=O) groups is 3. The molecule has 2 unspecified atom stereocenters. The van der Waals surface area contributed by atoms with E-state index in [1.54, 1.807) is 16.7 Å². The van der Waals surface area contributed by atoms with E-state index in [9.17, 15) is 19.5 Å². The van der Waals surface area contributed by atoms with Crippen molar-refractivity contribution in [1.29, 1.82) is 0 Å². The number of nitrogens with one attached hydrogen (secondary N) is 2. The molecule has 3 aliphatic heterocycles. The van der Waals surface area contributed by atoms with Crippen LogP contribution in [-0.2, 0) is 20.9 Å². The quantitative estimate of drug-likeness (QED) is 0.439. The summed E-state index contributed by atoms with van der Waals surface area (Å²) >= 11 is 1.68. The molecule has 3 heterocycles. The number of aryl methyl sites for hydroxylation is 2. The van der Waals surface area contributed by atoms with Crippen LogP contribution in [0.3, 0.4) is 0 Å². The van der Waals surface area contributed by atoms with Gasteiger partial charge in [-0.15, -0.1) is 11.8 Å². The minimum absolute atomic E-state index is 0.0281. The van der Waals surface area contributed by atoms with Crippen molar-refractivity contribution in [3.05, 3.63) is 65.2 Å². The first-order valence-electron chi connectivity index (χ1n) is 13.1. The molecule has 0 radical (unpaired) electrons. The summed E-state index contributed by atoms with van der Waals surface area (Å²) in [6, 6.07) is 15.0. The highest BCUT2D eigenvalue weighted by atomic mass is 32.2. The summed E-state index contributed by atoms with van der Waals surface area (Å²) in [5.41, 5.74) is 3.77. The van der Waals surface area contributed by atoms with E-state index in [0.29, 0.717) is 25.9 Å². The molecular weight excluding hydrogens is 486 g/mol. The van der Waals surface area contributed by atoms with Gasteiger partial charge in [0.2, 0.25) is 17.7 Å². The Morgan fingerprint density at radius 3 is 2.65 bits per heavy atom. The molecule has 2 bridgehead atoms. The molecule has 0 aromatic heterocycles. The lowest BCUT2D eigenvalue weighted by Gasteiger charge is -2.34. The number of unbranched alkanes of at least 4 members (excludes halogenated alkanes) is 1. The lowest BCUT2D eigenvalue weighted by molar-refractivity contribution is -0.139. The van der Waals surface area contributed by atoms with Crippen molar-refractivity contribution < 1.29 is 19.5 Å². The first-order chi connectivity index (χ1) is 17.9. The molecule has 3 N–H and O–H groups in total. The van der Waals surface area contributed by atoms with E-state index >= 15 is 0 Å². The molecule has 3 aliphatic rings. The zero-order valence-electron chi connectivity index (χ0n) is 21.4. The number of fused-ring (bicyclic) bond motifs is 1. The van der Waals surface area contributed by atoms with Crippen LogP contribution < -0.4 is 10.6 Å². The van der Waals surface area contributed by atoms with E-state index in [4.69, 9.17) is 0 Å². The predicted molar refractivity (Wildman–Crippen MR) is 145 cm³/mol. The Balaban J connectivity index is 1.42. The van der Waals surface area contributed by atoms with Crippen LogP contribution >= 0.6 is 11.8 Å². The maximum atomic E-state index is 13.9. The normalized spacial score (nSPS) is 27.9. The predicted octanol–water partition coefficient (Wildman–Crippen LogP) is 3.42. The second-order valence-electron chi connectivity index (χ2n) is 10.5. The van der Waals surface area contributed by atoms with Gasteiger partial charge in [0.05, 0.1) is 16.6 Å². The maximum absolute atomic E-state index is 13.9. The van der Waals surface area contributed by atoms with Crippen LogP contribution in [-0.4, -0.2) is 56.9 Å². The Hall–Kier alpha value is -2.84. The van der Waals surface area contributed by atoms with Crippen LogP contribution in [0.5, 0.6) is 0 Å². The second-order valence-corrected chi connectivity index (χ2v) is 12.1. The summed E-state index contributed by atoms with van der Waals surface area (Å²) in [4.78, 5) is 43.0. The first kappa shape index (κ1) is 25.8. The molecule has 2 aromatic rings. The van der Waals surface area contributed by atoms with Gasteiger partial charge in [0.15, 0.2) is 0 Å². The van der Waals surface area contributed by atoms with Crippen molar-refractivity contribution in [2.45, 2.75) is 62.1 Å². The second kappa shape index (κ2) is 10.5. The highest BCUT2D eigenvalue weighted by Crippen LogP contribution is 2.66. The zero-order valence-corrected chi connectivity index (χ0v) is 22.2. The third-order valence-electron chi connectivity index (χ3n) is 8.12. The van der Waals surface area contributed by atoms with E-state index in [1.165, 1.54) is 0 Å². The molecule has 8 heteroatoms. The molecule has 196 valence electrons. The van der Waals surface area contributed by atoms with Gasteiger partial charge in [0, 0.05) is 30.6 Å². The average Bonchev–Trinajstić information content (AvgIpc) is 3.53. The highest BCUT2D eigenvalue weighted by molar-refractivity contribution is 8.02. The fourth-order valence-corrected chi connectivity index (χ4v) is 8.58. The number of thioether (sulfide) groups is 1. The Labute approximate surface area is 222 Å². The van der Waals surface area contributed by atoms with E-state index < -0.39 is 22.6 Å². The Bertz CT molecular complexity index is 1190. The number of carbonyl (C=O) groups excluding carboxylic acids is 3. The number of nitrogens with zero attached hydrogens (tertiary/aromatic N) is 1. The van der Waals surface area contributed by atoms with E-state index in [-0.39, 0.29) is 29.6 Å². The number of benzene rings is 2. The van der Waals surface area contributed by atoms with Gasteiger partial charge in [-0.3, -0.25) is 14.4 Å². The molecule has 0 aliphatic carbocycles. The van der Waals surface area contributed by atoms with Gasteiger partial charge in [0.1, 0.15) is 6.04 Å². The monoisotopic (exact) mass is 521 g/mol. The summed E-state index contributed by atoms with van der Waals surface area (Å²) in [6.07, 6.45) is 2.72. The number of hydrogen-bond donors (Lipinski definition) is 3. The molecule has 3 fully saturated rings. The number of likely N-dealkylation sites (tertiary alicyclic amines) is 1. The van der Waals surface area contributed by atoms with Gasteiger partial charge in [-0.1, -0.05) is 42.5 Å². The first-order valence-corrected chi connectivity index (χ1v) is 14.0. The van der Waals surface area contributed by atoms with Crippen molar-refractivity contribution in [1.82, 2.24) is 10.2 Å². The largest absolute Gasteiger partial charge is 0.396 e. The Morgan fingerprint density at radius 1 is 1.11 bits per heavy atom. The van der Waals surface area contributed by atoms with Gasteiger partial charge in [0.25, 0.3) is 0 Å². The third kappa shape index (κ3) is 4.66. The molecule has 5 rings (SSSR count). The minimum atomic E-state index is -0.648. The number of hydrogen-bond acceptors (Lipinski definition) is 5. The fourth-order valence-electron chi connectivity index (χ4n) is 6.36. The summed E-state index contributed by atoms with van der Waals surface area (Å²) in [6.45, 7) is 4.79. The lowest BCUT2D eigenvalue weighted by Crippen LogP contribution is -2.52. The van der Waals surface area contributed by atoms with Crippen LogP contribution in [0.15, 0.2) is 48.5 Å². The number of aliphatic hydroxyl groups is 1. The SMILES string of the molecule is Cc1ccc(C)c(NC(=O)C2N(CCCCO)C(=O)[C@@H]3[C@@H](C(=O)NCc4ccccc4)[C@H]4CCC23S4)c1. The van der Waals surface area contributed by atoms with E-state index in [1.807, 2.05) is 62.4 Å². The molecule has 2 aromatic carbocycles. The van der Waals surface area contributed by atoms with Crippen LogP contribution in [0, 0.1) is 25.7 Å². The van der Waals surface area contributed by atoms with Crippen molar-refractivity contribution in [3.8, 4) is 0 Å². The maximum Gasteiger partial charge on any atom is 0.248 e. The smallest absolute Gasteiger partial charge is 0.248 e. The fraction of sp³-hybridized carbons (Fsp3) is 0.483. The molecule has 37 heavy (non-hydrogen) atoms. The molecule has 5 atom stereocenters. The summed E-state index contributed by atoms with van der Waals surface area (Å²) in [7, 11) is 0. The minimum Gasteiger partial charge on any atom is -0.396 e. The van der Waals surface area contributed by atoms with Gasteiger partial charge < -0.3 is 20.6 Å². The van der Waals surface area contributed by atoms with Gasteiger partial charge in [-0.05, 0) is 62.3 Å². The summed E-state index contributed by atoms with van der Waals surface area (Å²) in [5, 5.41) is 15.5. The van der Waals surface area contributed by atoms with E-state index in [2.05, 4.69) is 10.6 Å². The van der Waals surface area contributed by atoms with Crippen molar-refractivity contribution in [2.24, 2.45) is 11.8 Å². The molecule has 3 amide bonds. The van der Waals surface area contributed by atoms with Crippen molar-refractivity contribution in [3.63, 3.8) is 0 Å². The van der Waals surface area contributed by atoms with Crippen LogP contribution in [0.4, 0.5) is 5.69 Å².